The van der Waals surface area contributed by atoms with Gasteiger partial charge in [-0.3, -0.25) is 14.9 Å². The third-order valence-electron chi connectivity index (χ3n) is 3.10. The number of amides is 1. The number of rotatable bonds is 6. The highest BCUT2D eigenvalue weighted by molar-refractivity contribution is 9.10. The van der Waals surface area contributed by atoms with Crippen molar-refractivity contribution < 1.29 is 18.8 Å². The first-order valence-electron chi connectivity index (χ1n) is 7.26. The molecule has 1 N–H and O–H groups in total. The summed E-state index contributed by atoms with van der Waals surface area (Å²) in [7, 11) is 0. The Labute approximate surface area is 151 Å². The summed E-state index contributed by atoms with van der Waals surface area (Å²) in [5, 5.41) is 13.6. The summed E-state index contributed by atoms with van der Waals surface area (Å²) in [6, 6.07) is 8.29. The lowest BCUT2D eigenvalue weighted by atomic mass is 10.1. The number of carbonyl (C=O) groups excluding carboxylic acids is 1. The van der Waals surface area contributed by atoms with Crippen LogP contribution in [0.15, 0.2) is 46.9 Å². The minimum atomic E-state index is -0.719. The highest BCUT2D eigenvalue weighted by Gasteiger charge is 2.13. The van der Waals surface area contributed by atoms with Gasteiger partial charge >= 0.3 is 0 Å². The molecule has 0 aliphatic heterocycles. The molecule has 0 bridgehead atoms. The van der Waals surface area contributed by atoms with Crippen molar-refractivity contribution in [1.29, 1.82) is 0 Å². The van der Waals surface area contributed by atoms with Crippen LogP contribution in [0.2, 0.25) is 0 Å². The number of carbonyl (C=O) groups is 1. The van der Waals surface area contributed by atoms with Crippen LogP contribution >= 0.6 is 15.9 Å². The zero-order valence-corrected chi connectivity index (χ0v) is 14.7. The third kappa shape index (κ3) is 5.12. The molecule has 25 heavy (non-hydrogen) atoms. The van der Waals surface area contributed by atoms with Gasteiger partial charge in [0.2, 0.25) is 5.91 Å². The van der Waals surface area contributed by atoms with Gasteiger partial charge in [-0.2, -0.15) is 0 Å². The summed E-state index contributed by atoms with van der Waals surface area (Å²) in [5.74, 6) is -0.721. The summed E-state index contributed by atoms with van der Waals surface area (Å²) in [4.78, 5) is 22.3. The van der Waals surface area contributed by atoms with E-state index in [0.29, 0.717) is 18.0 Å². The average Bonchev–Trinajstić information content (AvgIpc) is 2.56. The van der Waals surface area contributed by atoms with Crippen LogP contribution in [0.1, 0.15) is 12.5 Å². The van der Waals surface area contributed by atoms with Gasteiger partial charge in [-0.05, 0) is 43.3 Å². The van der Waals surface area contributed by atoms with E-state index < -0.39 is 22.3 Å². The van der Waals surface area contributed by atoms with Crippen molar-refractivity contribution in [2.24, 2.45) is 0 Å². The van der Waals surface area contributed by atoms with Crippen LogP contribution in [0.4, 0.5) is 15.8 Å². The molecule has 0 fully saturated rings. The van der Waals surface area contributed by atoms with Crippen molar-refractivity contribution in [2.45, 2.75) is 6.92 Å². The Balaban J connectivity index is 2.20. The van der Waals surface area contributed by atoms with Crippen molar-refractivity contribution in [2.75, 3.05) is 11.9 Å². The van der Waals surface area contributed by atoms with Gasteiger partial charge in [0.1, 0.15) is 11.6 Å². The summed E-state index contributed by atoms with van der Waals surface area (Å²) >= 11 is 3.31. The molecule has 0 unspecified atom stereocenters. The lowest BCUT2D eigenvalue weighted by molar-refractivity contribution is -0.385. The highest BCUT2D eigenvalue weighted by Crippen LogP contribution is 2.28. The van der Waals surface area contributed by atoms with Crippen molar-refractivity contribution in [1.82, 2.24) is 0 Å². The second-order valence-electron chi connectivity index (χ2n) is 4.86. The number of nitro benzene ring substituents is 1. The SMILES string of the molecule is CCOc1ccc(Br)cc1NC(=O)C=Cc1ccc(F)cc1[N+](=O)[O-]. The maximum Gasteiger partial charge on any atom is 0.279 e. The van der Waals surface area contributed by atoms with E-state index in [4.69, 9.17) is 4.74 Å². The molecule has 8 heteroatoms. The van der Waals surface area contributed by atoms with Crippen molar-refractivity contribution >= 4 is 39.3 Å². The minimum absolute atomic E-state index is 0.126. The van der Waals surface area contributed by atoms with Crippen molar-refractivity contribution in [3.05, 3.63) is 68.4 Å². The Hall–Kier alpha value is -2.74. The number of nitro groups is 1. The number of halogens is 2. The van der Waals surface area contributed by atoms with E-state index in [-0.39, 0.29) is 5.56 Å². The predicted octanol–water partition coefficient (Wildman–Crippen LogP) is 4.55. The number of hydrogen-bond acceptors (Lipinski definition) is 4. The van der Waals surface area contributed by atoms with E-state index in [1.807, 2.05) is 6.92 Å². The van der Waals surface area contributed by atoms with Gasteiger partial charge in [0, 0.05) is 10.5 Å². The average molecular weight is 409 g/mol. The summed E-state index contributed by atoms with van der Waals surface area (Å²) in [6.07, 6.45) is 2.39. The van der Waals surface area contributed by atoms with Crippen LogP contribution in [-0.2, 0) is 4.79 Å². The lowest BCUT2D eigenvalue weighted by Crippen LogP contribution is -2.09. The normalized spacial score (nSPS) is 10.7. The smallest absolute Gasteiger partial charge is 0.279 e. The fourth-order valence-electron chi connectivity index (χ4n) is 2.04. The predicted molar refractivity (Wildman–Crippen MR) is 96.0 cm³/mol. The van der Waals surface area contributed by atoms with Crippen LogP contribution in [0.5, 0.6) is 5.75 Å². The van der Waals surface area contributed by atoms with Gasteiger partial charge in [0.05, 0.1) is 28.8 Å². The first-order chi connectivity index (χ1) is 11.9. The van der Waals surface area contributed by atoms with Crippen LogP contribution in [0.3, 0.4) is 0 Å². The molecule has 2 aromatic rings. The fourth-order valence-corrected chi connectivity index (χ4v) is 2.40. The fraction of sp³-hybridized carbons (Fsp3) is 0.118. The number of nitrogens with one attached hydrogen (secondary N) is 1. The molecule has 0 spiro atoms. The van der Waals surface area contributed by atoms with Crippen molar-refractivity contribution in [3.63, 3.8) is 0 Å². The molecule has 0 aliphatic carbocycles. The zero-order valence-electron chi connectivity index (χ0n) is 13.2. The topological polar surface area (TPSA) is 81.5 Å². The molecule has 1 amide bonds. The maximum atomic E-state index is 13.1. The first-order valence-corrected chi connectivity index (χ1v) is 8.05. The van der Waals surface area contributed by atoms with Crippen LogP contribution in [0.25, 0.3) is 6.08 Å². The molecule has 0 aromatic heterocycles. The van der Waals surface area contributed by atoms with E-state index in [9.17, 15) is 19.3 Å². The second-order valence-corrected chi connectivity index (χ2v) is 5.77. The van der Waals surface area contributed by atoms with Gasteiger partial charge in [0.25, 0.3) is 5.69 Å². The van der Waals surface area contributed by atoms with Crippen LogP contribution in [0, 0.1) is 15.9 Å². The molecule has 0 saturated carbocycles. The van der Waals surface area contributed by atoms with E-state index in [1.54, 1.807) is 18.2 Å². The van der Waals surface area contributed by atoms with Gasteiger partial charge in [0.15, 0.2) is 0 Å². The van der Waals surface area contributed by atoms with E-state index >= 15 is 0 Å². The molecule has 0 aliphatic rings. The molecule has 0 radical (unpaired) electrons. The summed E-state index contributed by atoms with van der Waals surface area (Å²) < 4.78 is 19.3. The third-order valence-corrected chi connectivity index (χ3v) is 3.60. The molecule has 2 rings (SSSR count). The monoisotopic (exact) mass is 408 g/mol. The molecule has 0 saturated heterocycles. The van der Waals surface area contributed by atoms with Gasteiger partial charge in [-0.1, -0.05) is 15.9 Å². The summed E-state index contributed by atoms with van der Waals surface area (Å²) in [6.45, 7) is 2.25. The standard InChI is InChI=1S/C17H14BrFN2O4/c1-2-25-16-7-5-12(18)9-14(16)20-17(22)8-4-11-3-6-13(19)10-15(11)21(23)24/h3-10H,2H2,1H3,(H,20,22). The molecule has 6 nitrogen and oxygen atoms in total. The number of nitrogens with zero attached hydrogens (tertiary/aromatic N) is 1. The Morgan fingerprint density at radius 3 is 2.80 bits per heavy atom. The maximum absolute atomic E-state index is 13.1. The largest absolute Gasteiger partial charge is 0.492 e. The highest BCUT2D eigenvalue weighted by atomic mass is 79.9. The van der Waals surface area contributed by atoms with Crippen LogP contribution < -0.4 is 10.1 Å². The molecule has 2 aromatic carbocycles. The molecule has 0 heterocycles. The van der Waals surface area contributed by atoms with Gasteiger partial charge in [-0.15, -0.1) is 0 Å². The Kier molecular flexibility index (Phi) is 6.24. The minimum Gasteiger partial charge on any atom is -0.492 e. The van der Waals surface area contributed by atoms with E-state index in [2.05, 4.69) is 21.2 Å². The first kappa shape index (κ1) is 18.6. The molecular weight excluding hydrogens is 395 g/mol. The molecule has 0 atom stereocenters. The Morgan fingerprint density at radius 2 is 2.12 bits per heavy atom. The Bertz CT molecular complexity index is 839. The molecular formula is C17H14BrFN2O4. The van der Waals surface area contributed by atoms with Gasteiger partial charge < -0.3 is 10.1 Å². The van der Waals surface area contributed by atoms with Crippen molar-refractivity contribution in [3.8, 4) is 5.75 Å². The molecule has 130 valence electrons. The van der Waals surface area contributed by atoms with Gasteiger partial charge in [-0.25, -0.2) is 4.39 Å². The van der Waals surface area contributed by atoms with Crippen LogP contribution in [-0.4, -0.2) is 17.4 Å². The van der Waals surface area contributed by atoms with E-state index in [1.165, 1.54) is 12.1 Å². The summed E-state index contributed by atoms with van der Waals surface area (Å²) in [5.41, 5.74) is 0.168. The number of ether oxygens (including phenoxy) is 1. The Morgan fingerprint density at radius 1 is 1.36 bits per heavy atom. The lowest BCUT2D eigenvalue weighted by Gasteiger charge is -2.10. The van der Waals surface area contributed by atoms with E-state index in [0.717, 1.165) is 22.7 Å². The number of benzene rings is 2. The number of anilines is 1. The second kappa shape index (κ2) is 8.39. The zero-order chi connectivity index (χ0) is 18.4. The number of hydrogen-bond donors (Lipinski definition) is 1. The quantitative estimate of drug-likeness (QED) is 0.431.